The maximum Gasteiger partial charge on any atom is 0.344 e. The molecule has 0 N–H and O–H groups in total. The number of benzene rings is 1. The van der Waals surface area contributed by atoms with Crippen molar-refractivity contribution in [2.24, 2.45) is 0 Å². The van der Waals surface area contributed by atoms with Crippen LogP contribution in [0, 0.1) is 6.92 Å². The van der Waals surface area contributed by atoms with Gasteiger partial charge in [-0.1, -0.05) is 11.2 Å². The third-order valence-corrected chi connectivity index (χ3v) is 4.99. The molecule has 0 bridgehead atoms. The normalized spacial score (nSPS) is 10.8. The van der Waals surface area contributed by atoms with E-state index in [2.05, 4.69) is 14.9 Å². The van der Waals surface area contributed by atoms with Gasteiger partial charge in [-0.3, -0.25) is 0 Å². The number of nitrogens with zero attached hydrogens (tertiary/aromatic N) is 2. The number of aryl methyl sites for hydroxylation is 1. The van der Waals surface area contributed by atoms with Crippen LogP contribution in [0.4, 0.5) is 0 Å². The van der Waals surface area contributed by atoms with E-state index in [1.165, 1.54) is 42.7 Å². The summed E-state index contributed by atoms with van der Waals surface area (Å²) in [7, 11) is 1.30. The van der Waals surface area contributed by atoms with Crippen molar-refractivity contribution < 1.29 is 23.6 Å². The summed E-state index contributed by atoms with van der Waals surface area (Å²) < 4.78 is 15.4. The van der Waals surface area contributed by atoms with Gasteiger partial charge >= 0.3 is 11.9 Å². The minimum atomic E-state index is -0.567. The number of hydrogen-bond acceptors (Lipinski definition) is 8. The van der Waals surface area contributed by atoms with Crippen LogP contribution in [0.2, 0.25) is 0 Å². The molecular weight excluding hydrogens is 380 g/mol. The minimum absolute atomic E-state index is 0.274. The Morgan fingerprint density at radius 3 is 2.57 bits per heavy atom. The average Bonchev–Trinajstić information content (AvgIpc) is 3.37. The number of methoxy groups -OCH3 is 1. The van der Waals surface area contributed by atoms with Gasteiger partial charge < -0.3 is 14.0 Å². The molecule has 0 amide bonds. The first-order valence-corrected chi connectivity index (χ1v) is 9.16. The molecule has 3 heterocycles. The Kier molecular flexibility index (Phi) is 4.62. The Hall–Kier alpha value is -3.52. The van der Waals surface area contributed by atoms with Gasteiger partial charge in [0.1, 0.15) is 5.75 Å². The lowest BCUT2D eigenvalue weighted by atomic mass is 10.1. The van der Waals surface area contributed by atoms with Crippen LogP contribution < -0.4 is 4.74 Å². The highest BCUT2D eigenvalue weighted by Gasteiger charge is 2.21. The Bertz CT molecular complexity index is 1160. The van der Waals surface area contributed by atoms with E-state index in [0.29, 0.717) is 33.7 Å². The number of ether oxygens (including phenoxy) is 2. The second-order valence-electron chi connectivity index (χ2n) is 5.89. The number of esters is 2. The van der Waals surface area contributed by atoms with E-state index in [1.807, 2.05) is 17.5 Å². The molecule has 0 saturated carbocycles. The van der Waals surface area contributed by atoms with Crippen LogP contribution in [0.5, 0.6) is 5.75 Å². The molecule has 7 nitrogen and oxygen atoms in total. The molecule has 3 aromatic heterocycles. The zero-order valence-electron chi connectivity index (χ0n) is 15.0. The van der Waals surface area contributed by atoms with E-state index in [-0.39, 0.29) is 5.71 Å². The topological polar surface area (TPSA) is 91.5 Å². The van der Waals surface area contributed by atoms with E-state index in [1.54, 1.807) is 13.0 Å². The Labute approximate surface area is 163 Å². The fourth-order valence-electron chi connectivity index (χ4n) is 2.75. The second kappa shape index (κ2) is 7.24. The van der Waals surface area contributed by atoms with E-state index in [4.69, 9.17) is 9.26 Å². The van der Waals surface area contributed by atoms with Crippen LogP contribution in [-0.2, 0) is 4.74 Å². The fraction of sp³-hybridized carbons (Fsp3) is 0.100. The molecule has 0 saturated heterocycles. The quantitative estimate of drug-likeness (QED) is 0.377. The fourth-order valence-corrected chi connectivity index (χ4v) is 3.43. The molecule has 0 fully saturated rings. The van der Waals surface area contributed by atoms with Crippen molar-refractivity contribution in [3.63, 3.8) is 0 Å². The first-order chi connectivity index (χ1) is 13.6. The summed E-state index contributed by atoms with van der Waals surface area (Å²) in [6, 6.07) is 11.6. The second-order valence-corrected chi connectivity index (χ2v) is 6.83. The smallest absolute Gasteiger partial charge is 0.344 e. The number of rotatable bonds is 4. The van der Waals surface area contributed by atoms with Gasteiger partial charge in [0.2, 0.25) is 0 Å². The van der Waals surface area contributed by atoms with Gasteiger partial charge in [-0.05, 0) is 48.7 Å². The van der Waals surface area contributed by atoms with Crippen LogP contribution in [0.1, 0.15) is 26.4 Å². The first-order valence-electron chi connectivity index (χ1n) is 8.28. The first kappa shape index (κ1) is 17.9. The lowest BCUT2D eigenvalue weighted by Gasteiger charge is -2.07. The van der Waals surface area contributed by atoms with Gasteiger partial charge in [0.15, 0.2) is 0 Å². The van der Waals surface area contributed by atoms with Crippen LogP contribution >= 0.6 is 11.3 Å². The van der Waals surface area contributed by atoms with E-state index in [9.17, 15) is 9.59 Å². The molecule has 0 aliphatic carbocycles. The zero-order valence-corrected chi connectivity index (χ0v) is 15.8. The number of hydrogen-bond donors (Lipinski definition) is 0. The highest BCUT2D eigenvalue weighted by atomic mass is 32.1. The Balaban J connectivity index is 1.70. The molecule has 4 aromatic rings. The Morgan fingerprint density at radius 2 is 1.89 bits per heavy atom. The molecule has 4 rings (SSSR count). The molecule has 0 unspecified atom stereocenters. The van der Waals surface area contributed by atoms with Gasteiger partial charge in [0.05, 0.1) is 39.9 Å². The van der Waals surface area contributed by atoms with Crippen molar-refractivity contribution >= 4 is 34.4 Å². The molecule has 0 spiro atoms. The predicted octanol–water partition coefficient (Wildman–Crippen LogP) is 4.27. The molecule has 28 heavy (non-hydrogen) atoms. The maximum atomic E-state index is 12.9. The van der Waals surface area contributed by atoms with E-state index in [0.717, 1.165) is 4.88 Å². The summed E-state index contributed by atoms with van der Waals surface area (Å²) in [4.78, 5) is 29.7. The number of thiophene rings is 1. The molecule has 0 radical (unpaired) electrons. The molecular formula is C20H14N2O5S. The lowest BCUT2D eigenvalue weighted by molar-refractivity contribution is 0.0600. The van der Waals surface area contributed by atoms with E-state index >= 15 is 0 Å². The summed E-state index contributed by atoms with van der Waals surface area (Å²) in [5, 5.41) is 6.35. The van der Waals surface area contributed by atoms with Gasteiger partial charge in [-0.15, -0.1) is 11.3 Å². The average molecular weight is 394 g/mol. The van der Waals surface area contributed by atoms with Crippen molar-refractivity contribution in [2.75, 3.05) is 7.11 Å². The summed E-state index contributed by atoms with van der Waals surface area (Å²) >= 11 is 1.50. The third kappa shape index (κ3) is 3.25. The molecule has 0 atom stereocenters. The number of pyridine rings is 1. The monoisotopic (exact) mass is 394 g/mol. The number of carbonyl (C=O) groups excluding carboxylic acids is 2. The zero-order chi connectivity index (χ0) is 19.7. The minimum Gasteiger partial charge on any atom is -0.465 e. The van der Waals surface area contributed by atoms with Crippen LogP contribution in [0.15, 0.2) is 52.4 Å². The molecule has 140 valence electrons. The predicted molar refractivity (Wildman–Crippen MR) is 103 cm³/mol. The van der Waals surface area contributed by atoms with Crippen LogP contribution in [0.25, 0.3) is 21.7 Å². The molecule has 0 aliphatic heterocycles. The number of aromatic nitrogens is 2. The van der Waals surface area contributed by atoms with Gasteiger partial charge in [0.25, 0.3) is 5.71 Å². The summed E-state index contributed by atoms with van der Waals surface area (Å²) in [6.07, 6.45) is 0. The lowest BCUT2D eigenvalue weighted by Crippen LogP contribution is -2.10. The molecule has 1 aromatic carbocycles. The highest BCUT2D eigenvalue weighted by Crippen LogP contribution is 2.30. The summed E-state index contributed by atoms with van der Waals surface area (Å²) in [5.41, 5.74) is 2.10. The van der Waals surface area contributed by atoms with Crippen molar-refractivity contribution in [3.05, 3.63) is 64.7 Å². The van der Waals surface area contributed by atoms with Gasteiger partial charge in [0, 0.05) is 0 Å². The van der Waals surface area contributed by atoms with Gasteiger partial charge in [-0.2, -0.15) is 0 Å². The summed E-state index contributed by atoms with van der Waals surface area (Å²) in [6.45, 7) is 1.74. The van der Waals surface area contributed by atoms with Crippen LogP contribution in [0.3, 0.4) is 0 Å². The number of fused-ring (bicyclic) bond motifs is 1. The third-order valence-electron chi connectivity index (χ3n) is 4.10. The Morgan fingerprint density at radius 1 is 1.11 bits per heavy atom. The van der Waals surface area contributed by atoms with Crippen molar-refractivity contribution in [1.29, 1.82) is 0 Å². The highest BCUT2D eigenvalue weighted by molar-refractivity contribution is 7.13. The number of carbonyl (C=O) groups is 2. The van der Waals surface area contributed by atoms with Crippen molar-refractivity contribution in [2.45, 2.75) is 6.92 Å². The summed E-state index contributed by atoms with van der Waals surface area (Å²) in [5.74, 6) is -0.730. The van der Waals surface area contributed by atoms with Crippen molar-refractivity contribution in [1.82, 2.24) is 10.1 Å². The SMILES string of the molecule is COC(=O)c1ccc(OC(=O)c2cc(-c3cccs3)nc3onc(C)c23)cc1. The molecule has 8 heteroatoms. The maximum absolute atomic E-state index is 12.9. The largest absolute Gasteiger partial charge is 0.465 e. The van der Waals surface area contributed by atoms with Gasteiger partial charge in [-0.25, -0.2) is 14.6 Å². The standard InChI is InChI=1S/C20H14N2O5S/c1-11-17-14(10-15(16-4-3-9-28-16)21-18(17)27-22-11)20(24)26-13-7-5-12(6-8-13)19(23)25-2/h3-10H,1-2H3. The van der Waals surface area contributed by atoms with Crippen LogP contribution in [-0.4, -0.2) is 29.2 Å². The van der Waals surface area contributed by atoms with Crippen molar-refractivity contribution in [3.8, 4) is 16.3 Å². The van der Waals surface area contributed by atoms with E-state index < -0.39 is 11.9 Å². The molecule has 0 aliphatic rings.